The summed E-state index contributed by atoms with van der Waals surface area (Å²) in [5, 5.41) is 19.9. The van der Waals surface area contributed by atoms with Crippen LogP contribution in [0.1, 0.15) is 57.3 Å². The molecule has 0 amide bonds. The van der Waals surface area contributed by atoms with Crippen LogP contribution in [-0.4, -0.2) is 27.9 Å². The first-order valence-corrected chi connectivity index (χ1v) is 9.25. The van der Waals surface area contributed by atoms with E-state index < -0.39 is 11.6 Å². The lowest BCUT2D eigenvalue weighted by atomic mass is 9.83. The molecule has 0 aromatic heterocycles. The standard InChI is InChI=1S/C22H30O4/c1-15(2)19-11-13-22(4,25)12-5-6-16(3)14-20(19)26-21(24)17-7-9-18(23)10-8-17/h6-11,13,15,19-20,23,25H,5,12,14H2,1-4H3/b13-11-,16-6+/t19-,20+,22-/m1/s1. The zero-order chi connectivity index (χ0) is 19.3. The van der Waals surface area contributed by atoms with Crippen molar-refractivity contribution in [3.05, 3.63) is 53.6 Å². The van der Waals surface area contributed by atoms with Crippen molar-refractivity contribution in [1.29, 1.82) is 0 Å². The van der Waals surface area contributed by atoms with Gasteiger partial charge in [-0.15, -0.1) is 0 Å². The minimum atomic E-state index is -0.868. The Labute approximate surface area is 156 Å². The van der Waals surface area contributed by atoms with E-state index in [0.29, 0.717) is 18.4 Å². The summed E-state index contributed by atoms with van der Waals surface area (Å²) >= 11 is 0. The summed E-state index contributed by atoms with van der Waals surface area (Å²) in [7, 11) is 0. The first kappa shape index (κ1) is 20.2. The molecule has 142 valence electrons. The summed E-state index contributed by atoms with van der Waals surface area (Å²) in [5.41, 5.74) is 0.706. The van der Waals surface area contributed by atoms with Crippen LogP contribution in [0, 0.1) is 11.8 Å². The maximum absolute atomic E-state index is 12.6. The van der Waals surface area contributed by atoms with Crippen LogP contribution in [0.5, 0.6) is 5.75 Å². The molecule has 0 saturated heterocycles. The highest BCUT2D eigenvalue weighted by molar-refractivity contribution is 5.89. The monoisotopic (exact) mass is 358 g/mol. The number of phenolic OH excluding ortho intramolecular Hbond substituents is 1. The van der Waals surface area contributed by atoms with Crippen LogP contribution in [0.4, 0.5) is 0 Å². The highest BCUT2D eigenvalue weighted by Gasteiger charge is 2.29. The fourth-order valence-electron chi connectivity index (χ4n) is 3.25. The predicted molar refractivity (Wildman–Crippen MR) is 103 cm³/mol. The highest BCUT2D eigenvalue weighted by Crippen LogP contribution is 2.29. The van der Waals surface area contributed by atoms with Gasteiger partial charge in [0.15, 0.2) is 0 Å². The SMILES string of the molecule is C/C1=C\CC[C@@](C)(O)/C=C\[C@H](C(C)C)[C@@H](OC(=O)c2ccc(O)cc2)C1. The minimum Gasteiger partial charge on any atom is -0.508 e. The quantitative estimate of drug-likeness (QED) is 0.611. The Bertz CT molecular complexity index is 668. The smallest absolute Gasteiger partial charge is 0.338 e. The molecule has 1 aromatic rings. The van der Waals surface area contributed by atoms with Gasteiger partial charge >= 0.3 is 5.97 Å². The fourth-order valence-corrected chi connectivity index (χ4v) is 3.25. The van der Waals surface area contributed by atoms with E-state index in [-0.39, 0.29) is 23.7 Å². The normalized spacial score (nSPS) is 30.3. The second-order valence-electron chi connectivity index (χ2n) is 7.82. The molecule has 3 atom stereocenters. The molecular formula is C22H30O4. The molecule has 1 aliphatic rings. The summed E-state index contributed by atoms with van der Waals surface area (Å²) in [6, 6.07) is 6.08. The number of aromatic hydroxyl groups is 1. The number of ether oxygens (including phenoxy) is 1. The number of hydrogen-bond donors (Lipinski definition) is 2. The van der Waals surface area contributed by atoms with Crippen LogP contribution in [-0.2, 0) is 4.74 Å². The molecular weight excluding hydrogens is 328 g/mol. The van der Waals surface area contributed by atoms with Crippen LogP contribution >= 0.6 is 0 Å². The second-order valence-corrected chi connectivity index (χ2v) is 7.82. The number of carbonyl (C=O) groups excluding carboxylic acids is 1. The van der Waals surface area contributed by atoms with Gasteiger partial charge in [-0.1, -0.05) is 37.6 Å². The van der Waals surface area contributed by atoms with Crippen molar-refractivity contribution in [1.82, 2.24) is 0 Å². The second kappa shape index (κ2) is 8.54. The van der Waals surface area contributed by atoms with Crippen LogP contribution in [0.25, 0.3) is 0 Å². The van der Waals surface area contributed by atoms with Crippen molar-refractivity contribution >= 4 is 5.97 Å². The zero-order valence-corrected chi connectivity index (χ0v) is 16.1. The molecule has 1 aliphatic carbocycles. The summed E-state index contributed by atoms with van der Waals surface area (Å²) in [5.74, 6) is -0.0224. The molecule has 0 unspecified atom stereocenters. The average Bonchev–Trinajstić information content (AvgIpc) is 2.54. The third-order valence-corrected chi connectivity index (χ3v) is 4.90. The van der Waals surface area contributed by atoms with Crippen LogP contribution < -0.4 is 0 Å². The lowest BCUT2D eigenvalue weighted by Crippen LogP contribution is -2.31. The Balaban J connectivity index is 2.28. The molecule has 0 bridgehead atoms. The molecule has 0 radical (unpaired) electrons. The van der Waals surface area contributed by atoms with E-state index in [1.54, 1.807) is 12.1 Å². The molecule has 1 aromatic carbocycles. The Morgan fingerprint density at radius 1 is 1.27 bits per heavy atom. The maximum Gasteiger partial charge on any atom is 0.338 e. The number of benzene rings is 1. The lowest BCUT2D eigenvalue weighted by Gasteiger charge is -2.30. The minimum absolute atomic E-state index is 0.00369. The first-order chi connectivity index (χ1) is 12.2. The van der Waals surface area contributed by atoms with E-state index >= 15 is 0 Å². The van der Waals surface area contributed by atoms with Gasteiger partial charge in [-0.3, -0.25) is 0 Å². The first-order valence-electron chi connectivity index (χ1n) is 9.25. The van der Waals surface area contributed by atoms with Gasteiger partial charge in [-0.2, -0.15) is 0 Å². The molecule has 0 aliphatic heterocycles. The Morgan fingerprint density at radius 3 is 2.54 bits per heavy atom. The summed E-state index contributed by atoms with van der Waals surface area (Å²) in [6.07, 6.45) is 7.77. The molecule has 0 heterocycles. The van der Waals surface area contributed by atoms with Crippen molar-refractivity contribution in [3.8, 4) is 5.75 Å². The topological polar surface area (TPSA) is 66.8 Å². The molecule has 0 spiro atoms. The van der Waals surface area contributed by atoms with Gasteiger partial charge in [0.2, 0.25) is 0 Å². The van der Waals surface area contributed by atoms with E-state index in [2.05, 4.69) is 19.9 Å². The largest absolute Gasteiger partial charge is 0.508 e. The van der Waals surface area contributed by atoms with Gasteiger partial charge in [0.1, 0.15) is 11.9 Å². The van der Waals surface area contributed by atoms with Crippen LogP contribution in [0.2, 0.25) is 0 Å². The van der Waals surface area contributed by atoms with Gasteiger partial charge in [0.25, 0.3) is 0 Å². The van der Waals surface area contributed by atoms with Crippen molar-refractivity contribution in [2.75, 3.05) is 0 Å². The van der Waals surface area contributed by atoms with Gasteiger partial charge in [-0.25, -0.2) is 4.79 Å². The number of hydrogen-bond acceptors (Lipinski definition) is 4. The Morgan fingerprint density at radius 2 is 1.92 bits per heavy atom. The van der Waals surface area contributed by atoms with E-state index in [1.165, 1.54) is 12.1 Å². The molecule has 4 heteroatoms. The Hall–Kier alpha value is -2.07. The third-order valence-electron chi connectivity index (χ3n) is 4.90. The number of rotatable bonds is 3. The molecule has 2 N–H and O–H groups in total. The van der Waals surface area contributed by atoms with E-state index in [4.69, 9.17) is 4.74 Å². The number of esters is 1. The average molecular weight is 358 g/mol. The highest BCUT2D eigenvalue weighted by atomic mass is 16.5. The van der Waals surface area contributed by atoms with Gasteiger partial charge in [0, 0.05) is 12.3 Å². The van der Waals surface area contributed by atoms with Crippen LogP contribution in [0.15, 0.2) is 48.1 Å². The summed E-state index contributed by atoms with van der Waals surface area (Å²) in [4.78, 5) is 12.6. The fraction of sp³-hybridized carbons (Fsp3) is 0.500. The van der Waals surface area contributed by atoms with E-state index in [9.17, 15) is 15.0 Å². The summed E-state index contributed by atoms with van der Waals surface area (Å²) < 4.78 is 5.87. The van der Waals surface area contributed by atoms with Gasteiger partial charge in [0.05, 0.1) is 11.2 Å². The third kappa shape index (κ3) is 5.73. The van der Waals surface area contributed by atoms with Crippen molar-refractivity contribution in [2.24, 2.45) is 11.8 Å². The van der Waals surface area contributed by atoms with Crippen molar-refractivity contribution in [2.45, 2.75) is 58.7 Å². The summed E-state index contributed by atoms with van der Waals surface area (Å²) in [6.45, 7) is 8.04. The van der Waals surface area contributed by atoms with E-state index in [0.717, 1.165) is 12.0 Å². The number of phenols is 1. The van der Waals surface area contributed by atoms with Crippen molar-refractivity contribution < 1.29 is 19.7 Å². The maximum atomic E-state index is 12.6. The number of allylic oxidation sites excluding steroid dienone is 1. The number of carbonyl (C=O) groups is 1. The molecule has 0 fully saturated rings. The zero-order valence-electron chi connectivity index (χ0n) is 16.1. The van der Waals surface area contributed by atoms with Crippen molar-refractivity contribution in [3.63, 3.8) is 0 Å². The molecule has 26 heavy (non-hydrogen) atoms. The van der Waals surface area contributed by atoms with Gasteiger partial charge in [-0.05, 0) is 56.9 Å². The molecule has 2 rings (SSSR count). The Kier molecular flexibility index (Phi) is 6.65. The van der Waals surface area contributed by atoms with E-state index in [1.807, 2.05) is 26.0 Å². The molecule has 0 saturated carbocycles. The lowest BCUT2D eigenvalue weighted by molar-refractivity contribution is 0.0139. The number of aliphatic hydroxyl groups is 1. The van der Waals surface area contributed by atoms with Crippen LogP contribution in [0.3, 0.4) is 0 Å². The van der Waals surface area contributed by atoms with Gasteiger partial charge < -0.3 is 14.9 Å². The predicted octanol–water partition coefficient (Wildman–Crippen LogP) is 4.63. The molecule has 4 nitrogen and oxygen atoms in total.